The molecule has 1 heterocycles. The van der Waals surface area contributed by atoms with E-state index < -0.39 is 12.6 Å². The van der Waals surface area contributed by atoms with Gasteiger partial charge in [0.2, 0.25) is 0 Å². The van der Waals surface area contributed by atoms with Crippen LogP contribution in [0.2, 0.25) is 0 Å². The molecule has 1 N–H and O–H groups in total. The maximum absolute atomic E-state index is 12.0. The molecule has 0 bridgehead atoms. The summed E-state index contributed by atoms with van der Waals surface area (Å²) in [6.45, 7) is 4.55. The lowest BCUT2D eigenvalue weighted by atomic mass is 10.2. The zero-order chi connectivity index (χ0) is 15.3. The predicted molar refractivity (Wildman–Crippen MR) is 74.8 cm³/mol. The van der Waals surface area contributed by atoms with E-state index in [2.05, 4.69) is 26.3 Å². The second kappa shape index (κ2) is 7.10. The molecule has 0 aliphatic heterocycles. The minimum atomic E-state index is -4.15. The van der Waals surface area contributed by atoms with Crippen LogP contribution in [0.3, 0.4) is 0 Å². The number of nitrogens with zero attached hydrogens (tertiary/aromatic N) is 2. The smallest absolute Gasteiger partial charge is 0.383 e. The summed E-state index contributed by atoms with van der Waals surface area (Å²) in [5.41, 5.74) is 0.122. The van der Waals surface area contributed by atoms with Gasteiger partial charge in [0.15, 0.2) is 0 Å². The van der Waals surface area contributed by atoms with Gasteiger partial charge in [-0.05, 0) is 28.3 Å². The summed E-state index contributed by atoms with van der Waals surface area (Å²) in [7, 11) is 0. The van der Waals surface area contributed by atoms with Crippen LogP contribution in [0.25, 0.3) is 0 Å². The van der Waals surface area contributed by atoms with E-state index in [4.69, 9.17) is 0 Å². The summed E-state index contributed by atoms with van der Waals surface area (Å²) >= 11 is 3.15. The first kappa shape index (κ1) is 17.0. The molecule has 1 aromatic heterocycles. The average Bonchev–Trinajstić information content (AvgIpc) is 2.31. The molecule has 0 unspecified atom stereocenters. The highest BCUT2D eigenvalue weighted by molar-refractivity contribution is 9.10. The van der Waals surface area contributed by atoms with E-state index in [1.54, 1.807) is 0 Å². The van der Waals surface area contributed by atoms with Crippen molar-refractivity contribution in [3.05, 3.63) is 21.0 Å². The van der Waals surface area contributed by atoms with Crippen molar-refractivity contribution < 1.29 is 13.2 Å². The van der Waals surface area contributed by atoms with Crippen LogP contribution in [0.15, 0.2) is 15.5 Å². The highest BCUT2D eigenvalue weighted by atomic mass is 79.9. The van der Waals surface area contributed by atoms with Crippen LogP contribution in [0, 0.1) is 5.92 Å². The number of hydrogen-bond acceptors (Lipinski definition) is 3. The van der Waals surface area contributed by atoms with E-state index >= 15 is 0 Å². The van der Waals surface area contributed by atoms with E-state index in [9.17, 15) is 18.0 Å². The first-order chi connectivity index (χ1) is 9.20. The summed E-state index contributed by atoms with van der Waals surface area (Å²) in [5.74, 6) is 0.276. The second-order valence-corrected chi connectivity index (χ2v) is 5.69. The quantitative estimate of drug-likeness (QED) is 0.795. The van der Waals surface area contributed by atoms with Gasteiger partial charge in [-0.3, -0.25) is 4.79 Å². The summed E-state index contributed by atoms with van der Waals surface area (Å²) in [4.78, 5) is 12.0. The van der Waals surface area contributed by atoms with Gasteiger partial charge in [-0.2, -0.15) is 18.3 Å². The molecule has 0 aliphatic carbocycles. The molecule has 1 rings (SSSR count). The lowest BCUT2D eigenvalue weighted by Crippen LogP contribution is -2.26. The topological polar surface area (TPSA) is 46.9 Å². The lowest BCUT2D eigenvalue weighted by Gasteiger charge is -2.12. The van der Waals surface area contributed by atoms with Crippen molar-refractivity contribution >= 4 is 21.6 Å². The Morgan fingerprint density at radius 3 is 2.65 bits per heavy atom. The summed E-state index contributed by atoms with van der Waals surface area (Å²) in [5, 5.41) is 6.78. The molecule has 0 saturated carbocycles. The molecular weight excluding hydrogens is 339 g/mol. The first-order valence-electron chi connectivity index (χ1n) is 6.27. The van der Waals surface area contributed by atoms with Gasteiger partial charge in [0, 0.05) is 19.5 Å². The van der Waals surface area contributed by atoms with Crippen LogP contribution in [0.5, 0.6) is 0 Å². The Bertz CT molecular complexity index is 500. The third-order valence-corrected chi connectivity index (χ3v) is 3.24. The summed E-state index contributed by atoms with van der Waals surface area (Å²) < 4.78 is 37.6. The number of anilines is 1. The first-order valence-corrected chi connectivity index (χ1v) is 7.06. The van der Waals surface area contributed by atoms with E-state index in [0.29, 0.717) is 16.7 Å². The van der Waals surface area contributed by atoms with Crippen LogP contribution < -0.4 is 10.9 Å². The summed E-state index contributed by atoms with van der Waals surface area (Å²) in [6, 6.07) is 0. The van der Waals surface area contributed by atoms with Crippen LogP contribution in [-0.2, 0) is 6.54 Å². The Hall–Kier alpha value is -1.05. The molecule has 0 aromatic carbocycles. The van der Waals surface area contributed by atoms with Gasteiger partial charge < -0.3 is 5.32 Å². The second-order valence-electron chi connectivity index (χ2n) is 4.90. The number of hydrogen-bond donors (Lipinski definition) is 1. The number of alkyl halides is 3. The zero-order valence-corrected chi connectivity index (χ0v) is 12.9. The molecule has 8 heteroatoms. The molecule has 114 valence electrons. The Labute approximate surface area is 123 Å². The Morgan fingerprint density at radius 1 is 1.45 bits per heavy atom. The van der Waals surface area contributed by atoms with Crippen molar-refractivity contribution in [2.24, 2.45) is 5.92 Å². The van der Waals surface area contributed by atoms with Crippen LogP contribution in [0.1, 0.15) is 26.7 Å². The van der Waals surface area contributed by atoms with Crippen molar-refractivity contribution in [1.29, 1.82) is 0 Å². The zero-order valence-electron chi connectivity index (χ0n) is 11.3. The fourth-order valence-electron chi connectivity index (χ4n) is 1.58. The fraction of sp³-hybridized carbons (Fsp3) is 0.667. The van der Waals surface area contributed by atoms with E-state index in [1.165, 1.54) is 10.9 Å². The van der Waals surface area contributed by atoms with Crippen molar-refractivity contribution in [1.82, 2.24) is 9.78 Å². The molecule has 0 spiro atoms. The molecule has 0 radical (unpaired) electrons. The monoisotopic (exact) mass is 355 g/mol. The normalized spacial score (nSPS) is 11.9. The van der Waals surface area contributed by atoms with Gasteiger partial charge in [0.1, 0.15) is 4.47 Å². The molecule has 0 saturated heterocycles. The molecule has 0 atom stereocenters. The molecule has 0 aliphatic rings. The van der Waals surface area contributed by atoms with Crippen LogP contribution >= 0.6 is 15.9 Å². The standard InChI is InChI=1S/C12H17BrF3N3O/c1-8(2)7-19-11(20)10(13)9(6-18-19)17-5-3-4-12(14,15)16/h6,8,17H,3-5,7H2,1-2H3. The Morgan fingerprint density at radius 2 is 2.10 bits per heavy atom. The molecule has 20 heavy (non-hydrogen) atoms. The van der Waals surface area contributed by atoms with Gasteiger partial charge in [0.05, 0.1) is 11.9 Å². The minimum Gasteiger partial charge on any atom is -0.383 e. The molecule has 4 nitrogen and oxygen atoms in total. The number of halogens is 4. The minimum absolute atomic E-state index is 0.0506. The van der Waals surface area contributed by atoms with Crippen LogP contribution in [-0.4, -0.2) is 22.5 Å². The van der Waals surface area contributed by atoms with Crippen molar-refractivity contribution in [2.75, 3.05) is 11.9 Å². The average molecular weight is 356 g/mol. The summed E-state index contributed by atoms with van der Waals surface area (Å²) in [6.07, 6.45) is -3.61. The molecule has 0 fully saturated rings. The highest BCUT2D eigenvalue weighted by Crippen LogP contribution is 2.22. The highest BCUT2D eigenvalue weighted by Gasteiger charge is 2.25. The van der Waals surface area contributed by atoms with Crippen LogP contribution in [0.4, 0.5) is 18.9 Å². The van der Waals surface area contributed by atoms with E-state index in [1.807, 2.05) is 13.8 Å². The third kappa shape index (κ3) is 5.52. The van der Waals surface area contributed by atoms with Gasteiger partial charge >= 0.3 is 6.18 Å². The van der Waals surface area contributed by atoms with E-state index in [0.717, 1.165) is 0 Å². The lowest BCUT2D eigenvalue weighted by molar-refractivity contribution is -0.134. The molecule has 0 amide bonds. The molecule has 1 aromatic rings. The van der Waals surface area contributed by atoms with E-state index in [-0.39, 0.29) is 24.4 Å². The predicted octanol–water partition coefficient (Wildman–Crippen LogP) is 3.42. The van der Waals surface area contributed by atoms with Gasteiger partial charge in [-0.1, -0.05) is 13.8 Å². The maximum atomic E-state index is 12.0. The number of nitrogens with one attached hydrogen (secondary N) is 1. The Kier molecular flexibility index (Phi) is 6.04. The molecular formula is C12H17BrF3N3O. The SMILES string of the molecule is CC(C)Cn1ncc(NCCCC(F)(F)F)c(Br)c1=O. The van der Waals surface area contributed by atoms with Gasteiger partial charge in [0.25, 0.3) is 5.56 Å². The number of rotatable bonds is 6. The van der Waals surface area contributed by atoms with Gasteiger partial charge in [-0.25, -0.2) is 4.68 Å². The van der Waals surface area contributed by atoms with Crippen molar-refractivity contribution in [3.63, 3.8) is 0 Å². The van der Waals surface area contributed by atoms with Crippen molar-refractivity contribution in [3.8, 4) is 0 Å². The fourth-order valence-corrected chi connectivity index (χ4v) is 2.02. The maximum Gasteiger partial charge on any atom is 0.389 e. The third-order valence-electron chi connectivity index (χ3n) is 2.48. The van der Waals surface area contributed by atoms with Gasteiger partial charge in [-0.15, -0.1) is 0 Å². The largest absolute Gasteiger partial charge is 0.389 e. The number of aromatic nitrogens is 2. The Balaban J connectivity index is 2.64. The van der Waals surface area contributed by atoms with Crippen molar-refractivity contribution in [2.45, 2.75) is 39.4 Å².